The summed E-state index contributed by atoms with van der Waals surface area (Å²) in [6, 6.07) is 8.37. The molecule has 0 saturated carbocycles. The molecule has 0 spiro atoms. The van der Waals surface area contributed by atoms with Crippen molar-refractivity contribution in [3.05, 3.63) is 48.0 Å². The van der Waals surface area contributed by atoms with Crippen LogP contribution in [0, 0.1) is 6.92 Å². The molecule has 0 aliphatic heterocycles. The number of hydrogen-bond donors (Lipinski definition) is 0. The largest absolute Gasteiger partial charge is 0.501 e. The lowest BCUT2D eigenvalue weighted by Crippen LogP contribution is -1.82. The second-order valence-corrected chi connectivity index (χ2v) is 3.69. The number of aryl methyl sites for hydroxylation is 1. The van der Waals surface area contributed by atoms with Gasteiger partial charge in [-0.25, -0.2) is 0 Å². The van der Waals surface area contributed by atoms with Gasteiger partial charge in [-0.15, -0.1) is 0 Å². The normalized spacial score (nSPS) is 11.1. The monoisotopic (exact) mass is 213 g/mol. The Balaban J connectivity index is 2.35. The van der Waals surface area contributed by atoms with E-state index in [2.05, 4.69) is 29.2 Å². The Hall–Kier alpha value is -1.83. The molecule has 0 saturated heterocycles. The summed E-state index contributed by atoms with van der Waals surface area (Å²) in [7, 11) is 0. The zero-order valence-electron chi connectivity index (χ0n) is 9.60. The standard InChI is InChI=1S/C14H15NO/c1-3-16-7-6-12-4-5-13-10-15-11(2)8-14(13)9-12/h4-10H,3H2,1-2H3/b7-6+. The van der Waals surface area contributed by atoms with E-state index in [1.54, 1.807) is 6.26 Å². The van der Waals surface area contributed by atoms with E-state index in [-0.39, 0.29) is 0 Å². The van der Waals surface area contributed by atoms with Crippen molar-refractivity contribution in [2.75, 3.05) is 6.61 Å². The Bertz CT molecular complexity index is 517. The summed E-state index contributed by atoms with van der Waals surface area (Å²) < 4.78 is 5.18. The molecule has 16 heavy (non-hydrogen) atoms. The number of ether oxygens (including phenoxy) is 1. The van der Waals surface area contributed by atoms with E-state index >= 15 is 0 Å². The highest BCUT2D eigenvalue weighted by molar-refractivity contribution is 5.84. The highest BCUT2D eigenvalue weighted by atomic mass is 16.5. The molecule has 1 heterocycles. The maximum absolute atomic E-state index is 5.18. The summed E-state index contributed by atoms with van der Waals surface area (Å²) in [5, 5.41) is 2.38. The third-order valence-corrected chi connectivity index (χ3v) is 2.41. The first kappa shape index (κ1) is 10.7. The quantitative estimate of drug-likeness (QED) is 0.727. The molecule has 0 aliphatic carbocycles. The highest BCUT2D eigenvalue weighted by Crippen LogP contribution is 2.16. The van der Waals surface area contributed by atoms with E-state index in [1.165, 1.54) is 10.8 Å². The van der Waals surface area contributed by atoms with Crippen LogP contribution < -0.4 is 0 Å². The van der Waals surface area contributed by atoms with E-state index in [0.29, 0.717) is 6.61 Å². The van der Waals surface area contributed by atoms with Gasteiger partial charge in [0.15, 0.2) is 0 Å². The second-order valence-electron chi connectivity index (χ2n) is 3.69. The second kappa shape index (κ2) is 4.79. The predicted octanol–water partition coefficient (Wildman–Crippen LogP) is 3.55. The smallest absolute Gasteiger partial charge is 0.0845 e. The van der Waals surface area contributed by atoms with E-state index in [0.717, 1.165) is 11.3 Å². The van der Waals surface area contributed by atoms with Gasteiger partial charge in [0.05, 0.1) is 12.9 Å². The van der Waals surface area contributed by atoms with E-state index in [9.17, 15) is 0 Å². The SMILES string of the molecule is CCO/C=C/c1ccc2cnc(C)cc2c1. The molecule has 0 radical (unpaired) electrons. The minimum absolute atomic E-state index is 0.701. The molecule has 0 aliphatic rings. The van der Waals surface area contributed by atoms with Gasteiger partial charge in [0, 0.05) is 17.3 Å². The third-order valence-electron chi connectivity index (χ3n) is 2.41. The first-order valence-electron chi connectivity index (χ1n) is 5.44. The molecule has 0 atom stereocenters. The Morgan fingerprint density at radius 1 is 1.25 bits per heavy atom. The van der Waals surface area contributed by atoms with Crippen molar-refractivity contribution >= 4 is 16.8 Å². The minimum atomic E-state index is 0.701. The average Bonchev–Trinajstić information content (AvgIpc) is 2.29. The van der Waals surface area contributed by atoms with Crippen LogP contribution in [0.3, 0.4) is 0 Å². The summed E-state index contributed by atoms with van der Waals surface area (Å²) in [6.07, 6.45) is 5.61. The fourth-order valence-corrected chi connectivity index (χ4v) is 1.60. The number of benzene rings is 1. The van der Waals surface area contributed by atoms with E-state index in [1.807, 2.05) is 26.1 Å². The average molecular weight is 213 g/mol. The molecule has 0 amide bonds. The number of fused-ring (bicyclic) bond motifs is 1. The molecule has 0 unspecified atom stereocenters. The van der Waals surface area contributed by atoms with Crippen LogP contribution in [0.2, 0.25) is 0 Å². The summed E-state index contributed by atoms with van der Waals surface area (Å²) in [6.45, 7) is 4.68. The van der Waals surface area contributed by atoms with Crippen LogP contribution in [0.15, 0.2) is 36.7 Å². The van der Waals surface area contributed by atoms with Crippen molar-refractivity contribution in [1.29, 1.82) is 0 Å². The van der Waals surface area contributed by atoms with Gasteiger partial charge in [-0.2, -0.15) is 0 Å². The molecule has 0 bridgehead atoms. The molecule has 2 aromatic rings. The molecule has 2 rings (SSSR count). The lowest BCUT2D eigenvalue weighted by atomic mass is 10.1. The molecule has 1 aromatic carbocycles. The highest BCUT2D eigenvalue weighted by Gasteiger charge is 1.95. The van der Waals surface area contributed by atoms with Gasteiger partial charge in [0.1, 0.15) is 0 Å². The summed E-state index contributed by atoms with van der Waals surface area (Å²) in [5.41, 5.74) is 2.19. The van der Waals surface area contributed by atoms with Crippen LogP contribution in [-0.2, 0) is 4.74 Å². The van der Waals surface area contributed by atoms with Gasteiger partial charge in [-0.3, -0.25) is 4.98 Å². The van der Waals surface area contributed by atoms with Crippen molar-refractivity contribution in [3.63, 3.8) is 0 Å². The van der Waals surface area contributed by atoms with Gasteiger partial charge < -0.3 is 4.74 Å². The minimum Gasteiger partial charge on any atom is -0.501 e. The van der Waals surface area contributed by atoms with Crippen molar-refractivity contribution in [1.82, 2.24) is 4.98 Å². The van der Waals surface area contributed by atoms with Crippen molar-refractivity contribution < 1.29 is 4.74 Å². The summed E-state index contributed by atoms with van der Waals surface area (Å²) in [4.78, 5) is 4.27. The first-order valence-corrected chi connectivity index (χ1v) is 5.44. The molecule has 1 aromatic heterocycles. The zero-order chi connectivity index (χ0) is 11.4. The van der Waals surface area contributed by atoms with Gasteiger partial charge in [0.2, 0.25) is 0 Å². The Labute approximate surface area is 95.6 Å². The fraction of sp³-hybridized carbons (Fsp3) is 0.214. The van der Waals surface area contributed by atoms with E-state index in [4.69, 9.17) is 4.74 Å². The van der Waals surface area contributed by atoms with Crippen molar-refractivity contribution in [3.8, 4) is 0 Å². The zero-order valence-corrected chi connectivity index (χ0v) is 9.60. The van der Waals surface area contributed by atoms with Crippen LogP contribution in [0.5, 0.6) is 0 Å². The Morgan fingerprint density at radius 2 is 2.12 bits per heavy atom. The van der Waals surface area contributed by atoms with Gasteiger partial charge >= 0.3 is 0 Å². The maximum Gasteiger partial charge on any atom is 0.0845 e. The van der Waals surface area contributed by atoms with Crippen LogP contribution in [0.4, 0.5) is 0 Å². The number of aromatic nitrogens is 1. The molecule has 0 N–H and O–H groups in total. The molecular weight excluding hydrogens is 198 g/mol. The number of rotatable bonds is 3. The lowest BCUT2D eigenvalue weighted by Gasteiger charge is -2.00. The topological polar surface area (TPSA) is 22.1 Å². The van der Waals surface area contributed by atoms with Gasteiger partial charge in [-0.05, 0) is 43.0 Å². The van der Waals surface area contributed by atoms with Crippen molar-refractivity contribution in [2.45, 2.75) is 13.8 Å². The molecule has 0 fully saturated rings. The van der Waals surface area contributed by atoms with Gasteiger partial charge in [0.25, 0.3) is 0 Å². The molecule has 2 heteroatoms. The molecular formula is C14H15NO. The number of pyridine rings is 1. The third kappa shape index (κ3) is 2.40. The summed E-state index contributed by atoms with van der Waals surface area (Å²) >= 11 is 0. The van der Waals surface area contributed by atoms with Gasteiger partial charge in [-0.1, -0.05) is 12.1 Å². The van der Waals surface area contributed by atoms with Crippen LogP contribution in [0.1, 0.15) is 18.2 Å². The predicted molar refractivity (Wildman–Crippen MR) is 67.1 cm³/mol. The van der Waals surface area contributed by atoms with Crippen molar-refractivity contribution in [2.24, 2.45) is 0 Å². The number of nitrogens with zero attached hydrogens (tertiary/aromatic N) is 1. The Morgan fingerprint density at radius 3 is 2.94 bits per heavy atom. The summed E-state index contributed by atoms with van der Waals surface area (Å²) in [5.74, 6) is 0. The lowest BCUT2D eigenvalue weighted by molar-refractivity contribution is 0.272. The Kier molecular flexibility index (Phi) is 3.20. The first-order chi connectivity index (χ1) is 7.79. The van der Waals surface area contributed by atoms with E-state index < -0.39 is 0 Å². The maximum atomic E-state index is 5.18. The van der Waals surface area contributed by atoms with Crippen LogP contribution >= 0.6 is 0 Å². The molecule has 82 valence electrons. The van der Waals surface area contributed by atoms with Crippen LogP contribution in [-0.4, -0.2) is 11.6 Å². The van der Waals surface area contributed by atoms with Crippen LogP contribution in [0.25, 0.3) is 16.8 Å². The molecule has 2 nitrogen and oxygen atoms in total. The fourth-order valence-electron chi connectivity index (χ4n) is 1.60. The number of hydrogen-bond acceptors (Lipinski definition) is 2.